The molecule has 96 valence electrons. The molecular formula is C13H22N2O2. The molecular weight excluding hydrogens is 216 g/mol. The molecule has 3 fully saturated rings. The molecule has 2 aliphatic carbocycles. The van der Waals surface area contributed by atoms with Gasteiger partial charge in [-0.3, -0.25) is 9.69 Å². The second-order valence-electron chi connectivity index (χ2n) is 5.98. The Balaban J connectivity index is 1.44. The van der Waals surface area contributed by atoms with E-state index in [0.29, 0.717) is 5.41 Å². The van der Waals surface area contributed by atoms with Crippen molar-refractivity contribution in [3.8, 4) is 0 Å². The van der Waals surface area contributed by atoms with Gasteiger partial charge in [0.15, 0.2) is 0 Å². The summed E-state index contributed by atoms with van der Waals surface area (Å²) in [4.78, 5) is 14.0. The van der Waals surface area contributed by atoms with Crippen LogP contribution >= 0.6 is 0 Å². The van der Waals surface area contributed by atoms with Crippen LogP contribution in [0.1, 0.15) is 25.7 Å². The second kappa shape index (κ2) is 4.25. The van der Waals surface area contributed by atoms with Crippen LogP contribution < -0.4 is 5.32 Å². The Kier molecular flexibility index (Phi) is 2.87. The lowest BCUT2D eigenvalue weighted by Crippen LogP contribution is -2.60. The van der Waals surface area contributed by atoms with E-state index in [1.54, 1.807) is 0 Å². The molecule has 1 spiro atoms. The molecule has 4 heteroatoms. The lowest BCUT2D eigenvalue weighted by Gasteiger charge is -2.59. The highest BCUT2D eigenvalue weighted by Crippen LogP contribution is 2.60. The summed E-state index contributed by atoms with van der Waals surface area (Å²) in [7, 11) is 1.50. The quantitative estimate of drug-likeness (QED) is 0.716. The first-order valence-electron chi connectivity index (χ1n) is 6.75. The fourth-order valence-electron chi connectivity index (χ4n) is 3.90. The Morgan fingerprint density at radius 1 is 1.24 bits per heavy atom. The zero-order chi connectivity index (χ0) is 11.9. The molecule has 0 atom stereocenters. The van der Waals surface area contributed by atoms with Crippen molar-refractivity contribution in [1.82, 2.24) is 10.2 Å². The van der Waals surface area contributed by atoms with Gasteiger partial charge >= 0.3 is 5.97 Å². The first-order valence-corrected chi connectivity index (χ1v) is 6.75. The van der Waals surface area contributed by atoms with Crippen LogP contribution in [0, 0.1) is 11.3 Å². The third-order valence-corrected chi connectivity index (χ3v) is 4.90. The van der Waals surface area contributed by atoms with Crippen LogP contribution in [-0.4, -0.2) is 50.2 Å². The van der Waals surface area contributed by atoms with Crippen molar-refractivity contribution in [2.75, 3.05) is 33.3 Å². The maximum absolute atomic E-state index is 11.4. The van der Waals surface area contributed by atoms with Crippen LogP contribution in [0.25, 0.3) is 0 Å². The van der Waals surface area contributed by atoms with Gasteiger partial charge in [-0.25, -0.2) is 0 Å². The molecule has 0 radical (unpaired) electrons. The van der Waals surface area contributed by atoms with Gasteiger partial charge in [-0.05, 0) is 31.1 Å². The van der Waals surface area contributed by atoms with Gasteiger partial charge in [0.1, 0.15) is 0 Å². The average Bonchev–Trinajstić information content (AvgIpc) is 2.26. The monoisotopic (exact) mass is 238 g/mol. The first kappa shape index (κ1) is 11.5. The van der Waals surface area contributed by atoms with Crippen LogP contribution in [0.3, 0.4) is 0 Å². The molecule has 2 saturated carbocycles. The Hall–Kier alpha value is -0.610. The van der Waals surface area contributed by atoms with Crippen molar-refractivity contribution in [1.29, 1.82) is 0 Å². The average molecular weight is 238 g/mol. The van der Waals surface area contributed by atoms with Crippen LogP contribution in [0.4, 0.5) is 0 Å². The van der Waals surface area contributed by atoms with E-state index in [4.69, 9.17) is 4.74 Å². The van der Waals surface area contributed by atoms with E-state index in [1.165, 1.54) is 33.0 Å². The minimum atomic E-state index is 0.00116. The molecule has 4 nitrogen and oxygen atoms in total. The van der Waals surface area contributed by atoms with Gasteiger partial charge < -0.3 is 10.1 Å². The summed E-state index contributed by atoms with van der Waals surface area (Å²) in [6.07, 6.45) is 4.76. The summed E-state index contributed by atoms with van der Waals surface area (Å²) in [5.74, 6) is 0.199. The number of esters is 1. The maximum Gasteiger partial charge on any atom is 0.308 e. The lowest BCUT2D eigenvalue weighted by molar-refractivity contribution is -0.163. The van der Waals surface area contributed by atoms with Crippen LogP contribution in [0.5, 0.6) is 0 Å². The standard InChI is InChI=1S/C13H22N2O2/c1-17-12(16)10-6-13(7-10)8-11(9-13)15-4-2-14-3-5-15/h10-11,14H,2-9H2,1H3. The van der Waals surface area contributed by atoms with Gasteiger partial charge in [0.25, 0.3) is 0 Å². The second-order valence-corrected chi connectivity index (χ2v) is 5.98. The molecule has 0 amide bonds. The number of rotatable bonds is 2. The van der Waals surface area contributed by atoms with Gasteiger partial charge in [0.05, 0.1) is 13.0 Å². The highest BCUT2D eigenvalue weighted by atomic mass is 16.5. The van der Waals surface area contributed by atoms with Gasteiger partial charge in [-0.2, -0.15) is 0 Å². The molecule has 1 heterocycles. The highest BCUT2D eigenvalue weighted by Gasteiger charge is 2.56. The van der Waals surface area contributed by atoms with Crippen molar-refractivity contribution in [2.24, 2.45) is 11.3 Å². The number of ether oxygens (including phenoxy) is 1. The van der Waals surface area contributed by atoms with Crippen LogP contribution in [-0.2, 0) is 9.53 Å². The Labute approximate surface area is 103 Å². The Morgan fingerprint density at radius 2 is 1.88 bits per heavy atom. The van der Waals surface area contributed by atoms with E-state index in [9.17, 15) is 4.79 Å². The first-order chi connectivity index (χ1) is 8.22. The van der Waals surface area contributed by atoms with Gasteiger partial charge in [-0.15, -0.1) is 0 Å². The predicted molar refractivity (Wildman–Crippen MR) is 64.6 cm³/mol. The number of nitrogens with zero attached hydrogens (tertiary/aromatic N) is 1. The third kappa shape index (κ3) is 1.97. The van der Waals surface area contributed by atoms with Gasteiger partial charge in [0, 0.05) is 32.2 Å². The summed E-state index contributed by atoms with van der Waals surface area (Å²) in [6.45, 7) is 4.66. The molecule has 0 aromatic heterocycles. The number of hydrogen-bond acceptors (Lipinski definition) is 4. The summed E-state index contributed by atoms with van der Waals surface area (Å²) < 4.78 is 4.80. The molecule has 0 bridgehead atoms. The largest absolute Gasteiger partial charge is 0.469 e. The molecule has 17 heavy (non-hydrogen) atoms. The maximum atomic E-state index is 11.4. The summed E-state index contributed by atoms with van der Waals surface area (Å²) in [5, 5.41) is 3.39. The topological polar surface area (TPSA) is 41.6 Å². The highest BCUT2D eigenvalue weighted by molar-refractivity contribution is 5.73. The molecule has 0 aromatic rings. The van der Waals surface area contributed by atoms with E-state index in [1.807, 2.05) is 0 Å². The zero-order valence-corrected chi connectivity index (χ0v) is 10.6. The molecule has 0 aromatic carbocycles. The van der Waals surface area contributed by atoms with Crippen molar-refractivity contribution in [3.63, 3.8) is 0 Å². The molecule has 3 rings (SSSR count). The van der Waals surface area contributed by atoms with Crippen molar-refractivity contribution >= 4 is 5.97 Å². The van der Waals surface area contributed by atoms with Crippen molar-refractivity contribution in [3.05, 3.63) is 0 Å². The minimum Gasteiger partial charge on any atom is -0.469 e. The van der Waals surface area contributed by atoms with E-state index < -0.39 is 0 Å². The number of methoxy groups -OCH3 is 1. The fraction of sp³-hybridized carbons (Fsp3) is 0.923. The molecule has 1 saturated heterocycles. The van der Waals surface area contributed by atoms with E-state index >= 15 is 0 Å². The Bertz CT molecular complexity index is 299. The summed E-state index contributed by atoms with van der Waals surface area (Å²) in [6, 6.07) is 0.788. The predicted octanol–water partition coefficient (Wildman–Crippen LogP) is 0.623. The van der Waals surface area contributed by atoms with Crippen molar-refractivity contribution < 1.29 is 9.53 Å². The van der Waals surface area contributed by atoms with E-state index in [-0.39, 0.29) is 11.9 Å². The number of piperazine rings is 1. The smallest absolute Gasteiger partial charge is 0.308 e. The SMILES string of the molecule is COC(=O)C1CC2(C1)CC(N1CCNCC1)C2. The molecule has 3 aliphatic rings. The van der Waals surface area contributed by atoms with E-state index in [0.717, 1.165) is 32.0 Å². The minimum absolute atomic E-state index is 0.00116. The summed E-state index contributed by atoms with van der Waals surface area (Å²) >= 11 is 0. The summed E-state index contributed by atoms with van der Waals surface area (Å²) in [5.41, 5.74) is 0.508. The van der Waals surface area contributed by atoms with E-state index in [2.05, 4.69) is 10.2 Å². The number of hydrogen-bond donors (Lipinski definition) is 1. The number of carbonyl (C=O) groups excluding carboxylic acids is 1. The van der Waals surface area contributed by atoms with Gasteiger partial charge in [-0.1, -0.05) is 0 Å². The number of carbonyl (C=O) groups is 1. The Morgan fingerprint density at radius 3 is 2.47 bits per heavy atom. The normalized spacial score (nSPS) is 41.7. The lowest BCUT2D eigenvalue weighted by atomic mass is 9.49. The number of nitrogens with one attached hydrogen (secondary N) is 1. The molecule has 1 aliphatic heterocycles. The fourth-order valence-corrected chi connectivity index (χ4v) is 3.90. The third-order valence-electron chi connectivity index (χ3n) is 4.90. The molecule has 0 unspecified atom stereocenters. The van der Waals surface area contributed by atoms with Crippen molar-refractivity contribution in [2.45, 2.75) is 31.7 Å². The molecule has 1 N–H and O–H groups in total. The van der Waals surface area contributed by atoms with Crippen LogP contribution in [0.2, 0.25) is 0 Å². The van der Waals surface area contributed by atoms with Crippen LogP contribution in [0.15, 0.2) is 0 Å². The van der Waals surface area contributed by atoms with Gasteiger partial charge in [0.2, 0.25) is 0 Å². The zero-order valence-electron chi connectivity index (χ0n) is 10.6.